The van der Waals surface area contributed by atoms with Crippen LogP contribution in [-0.4, -0.2) is 38.9 Å². The number of nitrogens with one attached hydrogen (secondary N) is 1. The molecule has 0 amide bonds. The van der Waals surface area contributed by atoms with E-state index in [0.29, 0.717) is 40.3 Å². The molecule has 2 heterocycles. The Bertz CT molecular complexity index is 960. The summed E-state index contributed by atoms with van der Waals surface area (Å²) in [4.78, 5) is 5.11. The van der Waals surface area contributed by atoms with Crippen LogP contribution in [0.15, 0.2) is 39.5 Å². The van der Waals surface area contributed by atoms with Crippen molar-refractivity contribution in [2.24, 2.45) is 10.7 Å². The molecule has 0 atom stereocenters. The van der Waals surface area contributed by atoms with Crippen molar-refractivity contribution in [2.75, 3.05) is 25.5 Å². The zero-order chi connectivity index (χ0) is 20.1. The fourth-order valence-corrected chi connectivity index (χ4v) is 6.12. The highest BCUT2D eigenvalue weighted by atomic mass is 127. The van der Waals surface area contributed by atoms with Gasteiger partial charge in [0.25, 0.3) is 10.0 Å². The summed E-state index contributed by atoms with van der Waals surface area (Å²) in [6.45, 7) is 1.48. The smallest absolute Gasteiger partial charge is 0.252 e. The highest BCUT2D eigenvalue weighted by Crippen LogP contribution is 2.28. The molecule has 1 fully saturated rings. The maximum Gasteiger partial charge on any atom is 0.252 e. The van der Waals surface area contributed by atoms with Crippen LogP contribution in [0.1, 0.15) is 24.1 Å². The number of rotatable bonds is 6. The molecule has 0 unspecified atom stereocenters. The minimum atomic E-state index is -3.41. The van der Waals surface area contributed by atoms with Gasteiger partial charge >= 0.3 is 0 Å². The van der Waals surface area contributed by atoms with Gasteiger partial charge in [0.1, 0.15) is 9.96 Å². The Morgan fingerprint density at radius 3 is 2.66 bits per heavy atom. The Morgan fingerprint density at radius 2 is 2.00 bits per heavy atom. The quantitative estimate of drug-likeness (QED) is 0.309. The van der Waals surface area contributed by atoms with Crippen LogP contribution >= 0.6 is 46.9 Å². The number of ether oxygens (including phenoxy) is 1. The molecule has 7 nitrogen and oxygen atoms in total. The standard InChI is InChI=1S/C18H23ClN4O3S2.HI/c1-26-16-7-5-13(11-15(16)19)22-18(20)21-12-14-6-8-17(27-14)28(24,25)23-9-3-2-4-10-23;/h5-8,11H,2-4,9-10,12H2,1H3,(H3,20,21,22);1H. The van der Waals surface area contributed by atoms with Crippen molar-refractivity contribution < 1.29 is 13.2 Å². The highest BCUT2D eigenvalue weighted by Gasteiger charge is 2.27. The van der Waals surface area contributed by atoms with E-state index in [4.69, 9.17) is 22.1 Å². The van der Waals surface area contributed by atoms with Crippen LogP contribution in [0.2, 0.25) is 5.02 Å². The van der Waals surface area contributed by atoms with Gasteiger partial charge in [-0.3, -0.25) is 0 Å². The van der Waals surface area contributed by atoms with Crippen molar-refractivity contribution in [3.63, 3.8) is 0 Å². The van der Waals surface area contributed by atoms with Gasteiger partial charge in [0, 0.05) is 23.7 Å². The van der Waals surface area contributed by atoms with Gasteiger partial charge in [0.2, 0.25) is 0 Å². The number of anilines is 1. The van der Waals surface area contributed by atoms with Crippen LogP contribution in [0.5, 0.6) is 5.75 Å². The van der Waals surface area contributed by atoms with E-state index in [1.165, 1.54) is 11.3 Å². The molecule has 0 aliphatic carbocycles. The lowest BCUT2D eigenvalue weighted by Gasteiger charge is -2.25. The molecule has 11 heteroatoms. The Hall–Kier alpha value is -1.08. The molecule has 1 aromatic carbocycles. The Balaban J connectivity index is 0.00000300. The third-order valence-electron chi connectivity index (χ3n) is 4.38. The number of thiophene rings is 1. The van der Waals surface area contributed by atoms with Crippen LogP contribution in [-0.2, 0) is 16.6 Å². The van der Waals surface area contributed by atoms with E-state index in [9.17, 15) is 8.42 Å². The number of halogens is 2. The van der Waals surface area contributed by atoms with Gasteiger partial charge in [-0.1, -0.05) is 18.0 Å². The van der Waals surface area contributed by atoms with E-state index in [-0.39, 0.29) is 29.9 Å². The Kier molecular flexibility index (Phi) is 9.01. The maximum atomic E-state index is 12.7. The lowest BCUT2D eigenvalue weighted by atomic mass is 10.2. The summed E-state index contributed by atoms with van der Waals surface area (Å²) in [7, 11) is -1.86. The SMILES string of the molecule is COc1ccc(NC(N)=NCc2ccc(S(=O)(=O)N3CCCCC3)s2)cc1Cl.I. The topological polar surface area (TPSA) is 97.0 Å². The second kappa shape index (κ2) is 10.8. The molecule has 3 N–H and O–H groups in total. The summed E-state index contributed by atoms with van der Waals surface area (Å²) in [6, 6.07) is 8.63. The summed E-state index contributed by atoms with van der Waals surface area (Å²) in [5.74, 6) is 0.791. The van der Waals surface area contributed by atoms with E-state index < -0.39 is 10.0 Å². The molecule has 29 heavy (non-hydrogen) atoms. The fourth-order valence-electron chi connectivity index (χ4n) is 2.91. The Labute approximate surface area is 197 Å². The first-order valence-corrected chi connectivity index (χ1v) is 11.5. The molecule has 0 saturated carbocycles. The number of hydrogen-bond donors (Lipinski definition) is 2. The van der Waals surface area contributed by atoms with Crippen LogP contribution in [0.25, 0.3) is 0 Å². The molecule has 1 aliphatic rings. The predicted octanol–water partition coefficient (Wildman–Crippen LogP) is 4.13. The molecular formula is C18H24ClIN4O3S2. The third kappa shape index (κ3) is 6.20. The average Bonchev–Trinajstić information content (AvgIpc) is 3.17. The van der Waals surface area contributed by atoms with E-state index in [0.717, 1.165) is 24.1 Å². The number of methoxy groups -OCH3 is 1. The van der Waals surface area contributed by atoms with Crippen molar-refractivity contribution in [1.29, 1.82) is 0 Å². The number of benzene rings is 1. The van der Waals surface area contributed by atoms with Crippen molar-refractivity contribution in [3.8, 4) is 5.75 Å². The van der Waals surface area contributed by atoms with E-state index in [1.807, 2.05) is 0 Å². The van der Waals surface area contributed by atoms with E-state index in [2.05, 4.69) is 10.3 Å². The minimum absolute atomic E-state index is 0. The average molecular weight is 571 g/mol. The van der Waals surface area contributed by atoms with Gasteiger partial charge in [-0.25, -0.2) is 13.4 Å². The first-order chi connectivity index (χ1) is 13.4. The van der Waals surface area contributed by atoms with E-state index >= 15 is 0 Å². The van der Waals surface area contributed by atoms with Crippen molar-refractivity contribution in [2.45, 2.75) is 30.0 Å². The zero-order valence-corrected chi connectivity index (χ0v) is 20.6. The van der Waals surface area contributed by atoms with Gasteiger partial charge in [0.15, 0.2) is 5.96 Å². The number of sulfonamides is 1. The minimum Gasteiger partial charge on any atom is -0.495 e. The van der Waals surface area contributed by atoms with Crippen molar-refractivity contribution >= 4 is 68.6 Å². The van der Waals surface area contributed by atoms with Crippen LogP contribution in [0, 0.1) is 0 Å². The summed E-state index contributed by atoms with van der Waals surface area (Å²) in [6.07, 6.45) is 2.92. The summed E-state index contributed by atoms with van der Waals surface area (Å²) in [5, 5.41) is 3.42. The molecule has 160 valence electrons. The molecule has 0 bridgehead atoms. The van der Waals surface area contributed by atoms with Crippen molar-refractivity contribution in [1.82, 2.24) is 4.31 Å². The van der Waals surface area contributed by atoms with E-state index in [1.54, 1.807) is 41.7 Å². The lowest BCUT2D eigenvalue weighted by Crippen LogP contribution is -2.35. The third-order valence-corrected chi connectivity index (χ3v) is 8.11. The first-order valence-electron chi connectivity index (χ1n) is 8.89. The van der Waals surface area contributed by atoms with Gasteiger partial charge in [-0.2, -0.15) is 4.31 Å². The number of guanidine groups is 1. The summed E-state index contributed by atoms with van der Waals surface area (Å²) >= 11 is 7.32. The molecule has 3 rings (SSSR count). The van der Waals surface area contributed by atoms with Gasteiger partial charge in [0.05, 0.1) is 18.7 Å². The predicted molar refractivity (Wildman–Crippen MR) is 129 cm³/mol. The first kappa shape index (κ1) is 24.2. The van der Waals surface area contributed by atoms with Crippen LogP contribution < -0.4 is 15.8 Å². The number of hydrogen-bond acceptors (Lipinski definition) is 5. The fraction of sp³-hybridized carbons (Fsp3) is 0.389. The molecule has 1 aromatic heterocycles. The number of aliphatic imine (C=N–C) groups is 1. The molecular weight excluding hydrogens is 547 g/mol. The highest BCUT2D eigenvalue weighted by molar-refractivity contribution is 14.0. The van der Waals surface area contributed by atoms with Gasteiger partial charge in [-0.15, -0.1) is 35.3 Å². The normalized spacial score (nSPS) is 15.6. The van der Waals surface area contributed by atoms with Crippen LogP contribution in [0.4, 0.5) is 5.69 Å². The Morgan fingerprint density at radius 1 is 1.28 bits per heavy atom. The number of piperidine rings is 1. The zero-order valence-electron chi connectivity index (χ0n) is 15.9. The lowest BCUT2D eigenvalue weighted by molar-refractivity contribution is 0.347. The second-order valence-electron chi connectivity index (χ2n) is 6.36. The van der Waals surface area contributed by atoms with Gasteiger partial charge < -0.3 is 15.8 Å². The van der Waals surface area contributed by atoms with Gasteiger partial charge in [-0.05, 0) is 43.2 Å². The number of nitrogens with zero attached hydrogens (tertiary/aromatic N) is 2. The molecule has 2 aromatic rings. The summed E-state index contributed by atoms with van der Waals surface area (Å²) in [5.41, 5.74) is 6.61. The molecule has 1 saturated heterocycles. The summed E-state index contributed by atoms with van der Waals surface area (Å²) < 4.78 is 32.4. The number of nitrogens with two attached hydrogens (primary N) is 1. The molecule has 0 spiro atoms. The molecule has 0 radical (unpaired) electrons. The van der Waals surface area contributed by atoms with Crippen LogP contribution in [0.3, 0.4) is 0 Å². The molecule has 1 aliphatic heterocycles. The largest absolute Gasteiger partial charge is 0.495 e. The van der Waals surface area contributed by atoms with Crippen molar-refractivity contribution in [3.05, 3.63) is 40.2 Å². The monoisotopic (exact) mass is 570 g/mol. The second-order valence-corrected chi connectivity index (χ2v) is 10.1. The maximum absolute atomic E-state index is 12.7.